The van der Waals surface area contributed by atoms with E-state index in [4.69, 9.17) is 9.47 Å². The lowest BCUT2D eigenvalue weighted by Crippen LogP contribution is -2.07. The molecule has 1 rings (SSSR count). The minimum absolute atomic E-state index is 0.188. The van der Waals surface area contributed by atoms with Crippen molar-refractivity contribution in [2.24, 2.45) is 0 Å². The van der Waals surface area contributed by atoms with Gasteiger partial charge in [0.1, 0.15) is 5.75 Å². The molecule has 0 heterocycles. The van der Waals surface area contributed by atoms with E-state index in [9.17, 15) is 9.59 Å². The monoisotopic (exact) mass is 432 g/mol. The molecule has 1 aromatic rings. The van der Waals surface area contributed by atoms with Gasteiger partial charge in [-0.1, -0.05) is 97.3 Å². The number of ether oxygens (including phenoxy) is 2. The van der Waals surface area contributed by atoms with E-state index in [-0.39, 0.29) is 11.4 Å². The standard InChI is InChI=1S/C27H44O4/c1-3-5-7-9-11-12-13-14-16-18-27(29)31-24-19-21-25(28)26(22-20-24)30-23-17-15-10-8-6-4-2/h19-22H,3-18,23H2,1-2H3. The molecule has 0 unspecified atom stereocenters. The molecular formula is C27H44O4. The molecule has 4 nitrogen and oxygen atoms in total. The maximum absolute atomic E-state index is 12.2. The molecule has 31 heavy (non-hydrogen) atoms. The largest absolute Gasteiger partial charge is 0.489 e. The predicted octanol–water partition coefficient (Wildman–Crippen LogP) is 7.61. The van der Waals surface area contributed by atoms with E-state index < -0.39 is 0 Å². The zero-order chi connectivity index (χ0) is 22.6. The van der Waals surface area contributed by atoms with Crippen LogP contribution in [0.3, 0.4) is 0 Å². The maximum Gasteiger partial charge on any atom is 0.311 e. The van der Waals surface area contributed by atoms with Crippen molar-refractivity contribution in [1.29, 1.82) is 0 Å². The van der Waals surface area contributed by atoms with Crippen LogP contribution in [-0.2, 0) is 4.79 Å². The quantitative estimate of drug-likeness (QED) is 0.167. The van der Waals surface area contributed by atoms with Gasteiger partial charge in [-0.05, 0) is 37.1 Å². The van der Waals surface area contributed by atoms with Gasteiger partial charge in [0.05, 0.1) is 6.61 Å². The van der Waals surface area contributed by atoms with Gasteiger partial charge in [-0.3, -0.25) is 9.59 Å². The van der Waals surface area contributed by atoms with Gasteiger partial charge in [0.25, 0.3) is 0 Å². The minimum Gasteiger partial charge on any atom is -0.489 e. The summed E-state index contributed by atoms with van der Waals surface area (Å²) in [6, 6.07) is 6.22. The van der Waals surface area contributed by atoms with Crippen LogP contribution in [0.5, 0.6) is 11.5 Å². The van der Waals surface area contributed by atoms with Crippen LogP contribution in [0.25, 0.3) is 0 Å². The van der Waals surface area contributed by atoms with Gasteiger partial charge >= 0.3 is 5.97 Å². The highest BCUT2D eigenvalue weighted by molar-refractivity contribution is 5.72. The van der Waals surface area contributed by atoms with Gasteiger partial charge < -0.3 is 9.47 Å². The Morgan fingerprint density at radius 1 is 0.677 bits per heavy atom. The molecule has 0 spiro atoms. The summed E-state index contributed by atoms with van der Waals surface area (Å²) in [5, 5.41) is 0. The van der Waals surface area contributed by atoms with Gasteiger partial charge in [0.15, 0.2) is 5.75 Å². The fourth-order valence-corrected chi connectivity index (χ4v) is 3.55. The Hall–Kier alpha value is -1.84. The first-order valence-electron chi connectivity index (χ1n) is 12.6. The second-order valence-electron chi connectivity index (χ2n) is 8.47. The lowest BCUT2D eigenvalue weighted by atomic mass is 10.1. The Kier molecular flexibility index (Phi) is 16.6. The number of rotatable bonds is 19. The van der Waals surface area contributed by atoms with E-state index in [2.05, 4.69) is 13.8 Å². The minimum atomic E-state index is -0.240. The van der Waals surface area contributed by atoms with Crippen LogP contribution < -0.4 is 14.9 Å². The highest BCUT2D eigenvalue weighted by Crippen LogP contribution is 2.15. The maximum atomic E-state index is 12.2. The number of carbonyl (C=O) groups is 1. The average Bonchev–Trinajstić information content (AvgIpc) is 2.93. The van der Waals surface area contributed by atoms with E-state index in [0.29, 0.717) is 24.5 Å². The number of hydrogen-bond acceptors (Lipinski definition) is 4. The van der Waals surface area contributed by atoms with Gasteiger partial charge in [-0.15, -0.1) is 0 Å². The molecule has 0 bridgehead atoms. The Morgan fingerprint density at radius 2 is 1.19 bits per heavy atom. The van der Waals surface area contributed by atoms with E-state index in [1.165, 1.54) is 76.7 Å². The fraction of sp³-hybridized carbons (Fsp3) is 0.704. The molecule has 0 saturated heterocycles. The van der Waals surface area contributed by atoms with Crippen molar-refractivity contribution < 1.29 is 14.3 Å². The third-order valence-electron chi connectivity index (χ3n) is 5.51. The van der Waals surface area contributed by atoms with Crippen molar-refractivity contribution in [3.8, 4) is 11.5 Å². The van der Waals surface area contributed by atoms with Crippen molar-refractivity contribution in [3.63, 3.8) is 0 Å². The van der Waals surface area contributed by atoms with Crippen molar-refractivity contribution in [3.05, 3.63) is 34.5 Å². The smallest absolute Gasteiger partial charge is 0.311 e. The Bertz CT molecular complexity index is 641. The van der Waals surface area contributed by atoms with E-state index in [0.717, 1.165) is 25.7 Å². The molecule has 0 aliphatic carbocycles. The molecule has 0 radical (unpaired) electrons. The van der Waals surface area contributed by atoms with Crippen LogP contribution in [0.1, 0.15) is 117 Å². The molecule has 0 aliphatic heterocycles. The molecule has 0 aliphatic rings. The van der Waals surface area contributed by atoms with Crippen LogP contribution in [-0.4, -0.2) is 12.6 Å². The van der Waals surface area contributed by atoms with Crippen molar-refractivity contribution >= 4 is 5.97 Å². The SMILES string of the molecule is CCCCCCCCCCCC(=O)Oc1ccc(OCCCCCCCC)c(=O)cc1. The van der Waals surface area contributed by atoms with E-state index >= 15 is 0 Å². The molecule has 4 heteroatoms. The summed E-state index contributed by atoms with van der Waals surface area (Å²) in [6.07, 6.45) is 18.4. The Labute approximate surface area is 189 Å². The highest BCUT2D eigenvalue weighted by atomic mass is 16.5. The van der Waals surface area contributed by atoms with Gasteiger partial charge in [0.2, 0.25) is 5.43 Å². The Morgan fingerprint density at radius 3 is 1.81 bits per heavy atom. The zero-order valence-corrected chi connectivity index (χ0v) is 20.0. The third-order valence-corrected chi connectivity index (χ3v) is 5.51. The van der Waals surface area contributed by atoms with Crippen LogP contribution in [0.4, 0.5) is 0 Å². The summed E-state index contributed by atoms with van der Waals surface area (Å²) >= 11 is 0. The summed E-state index contributed by atoms with van der Waals surface area (Å²) in [7, 11) is 0. The second kappa shape index (κ2) is 18.9. The van der Waals surface area contributed by atoms with Crippen molar-refractivity contribution in [2.75, 3.05) is 6.61 Å². The molecule has 0 amide bonds. The molecule has 1 aromatic carbocycles. The molecule has 0 fully saturated rings. The highest BCUT2D eigenvalue weighted by Gasteiger charge is 2.06. The summed E-state index contributed by atoms with van der Waals surface area (Å²) < 4.78 is 11.0. The molecular weight excluding hydrogens is 388 g/mol. The number of unbranched alkanes of at least 4 members (excludes halogenated alkanes) is 13. The van der Waals surface area contributed by atoms with Crippen LogP contribution in [0, 0.1) is 0 Å². The fourth-order valence-electron chi connectivity index (χ4n) is 3.55. The van der Waals surface area contributed by atoms with E-state index in [1.54, 1.807) is 18.2 Å². The molecule has 0 aromatic heterocycles. The lowest BCUT2D eigenvalue weighted by Gasteiger charge is -2.04. The summed E-state index contributed by atoms with van der Waals surface area (Å²) in [6.45, 7) is 4.98. The first-order chi connectivity index (χ1) is 15.2. The summed E-state index contributed by atoms with van der Waals surface area (Å²) in [5.74, 6) is 0.471. The van der Waals surface area contributed by atoms with Gasteiger partial charge in [-0.25, -0.2) is 0 Å². The van der Waals surface area contributed by atoms with Crippen LogP contribution >= 0.6 is 0 Å². The van der Waals surface area contributed by atoms with Gasteiger partial charge in [0, 0.05) is 6.42 Å². The van der Waals surface area contributed by atoms with Crippen LogP contribution in [0.15, 0.2) is 29.1 Å². The van der Waals surface area contributed by atoms with E-state index in [1.807, 2.05) is 0 Å². The lowest BCUT2D eigenvalue weighted by molar-refractivity contribution is -0.134. The third kappa shape index (κ3) is 14.7. The molecule has 0 N–H and O–H groups in total. The summed E-state index contributed by atoms with van der Waals surface area (Å²) in [4.78, 5) is 24.2. The first kappa shape index (κ1) is 27.2. The van der Waals surface area contributed by atoms with Crippen molar-refractivity contribution in [1.82, 2.24) is 0 Å². The predicted molar refractivity (Wildman–Crippen MR) is 129 cm³/mol. The number of carbonyl (C=O) groups excluding carboxylic acids is 1. The second-order valence-corrected chi connectivity index (χ2v) is 8.47. The average molecular weight is 433 g/mol. The number of hydrogen-bond donors (Lipinski definition) is 0. The van der Waals surface area contributed by atoms with Crippen molar-refractivity contribution in [2.45, 2.75) is 117 Å². The first-order valence-corrected chi connectivity index (χ1v) is 12.6. The molecule has 0 saturated carbocycles. The summed E-state index contributed by atoms with van der Waals surface area (Å²) in [5.41, 5.74) is -0.188. The molecule has 0 atom stereocenters. The topological polar surface area (TPSA) is 52.6 Å². The number of esters is 1. The van der Waals surface area contributed by atoms with Crippen LogP contribution in [0.2, 0.25) is 0 Å². The Balaban J connectivity index is 2.23. The van der Waals surface area contributed by atoms with Gasteiger partial charge in [-0.2, -0.15) is 0 Å². The normalized spacial score (nSPS) is 10.8. The zero-order valence-electron chi connectivity index (χ0n) is 20.0. The molecule has 176 valence electrons.